The average molecular weight is 392 g/mol. The number of carbonyl (C=O) groups is 1. The SMILES string of the molecule is COc1ccc(Cl)cc1CN(C)C(=O)CCn1cnc2sccc2c1=O. The van der Waals surface area contributed by atoms with E-state index in [1.807, 2.05) is 5.38 Å². The summed E-state index contributed by atoms with van der Waals surface area (Å²) in [5.41, 5.74) is 0.706. The van der Waals surface area contributed by atoms with Crippen molar-refractivity contribution in [2.75, 3.05) is 14.2 Å². The Bertz CT molecular complexity index is 999. The number of benzene rings is 1. The van der Waals surface area contributed by atoms with E-state index in [0.29, 0.717) is 27.5 Å². The largest absolute Gasteiger partial charge is 0.496 e. The van der Waals surface area contributed by atoms with E-state index in [2.05, 4.69) is 4.98 Å². The molecule has 0 aliphatic carbocycles. The van der Waals surface area contributed by atoms with Gasteiger partial charge in [-0.3, -0.25) is 14.2 Å². The molecule has 26 heavy (non-hydrogen) atoms. The second-order valence-electron chi connectivity index (χ2n) is 5.84. The lowest BCUT2D eigenvalue weighted by atomic mass is 10.2. The quantitative estimate of drug-likeness (QED) is 0.647. The van der Waals surface area contributed by atoms with Gasteiger partial charge in [0.25, 0.3) is 5.56 Å². The van der Waals surface area contributed by atoms with Crippen LogP contribution in [0.15, 0.2) is 40.8 Å². The van der Waals surface area contributed by atoms with Gasteiger partial charge in [0, 0.05) is 37.1 Å². The third-order valence-electron chi connectivity index (χ3n) is 4.09. The van der Waals surface area contributed by atoms with Crippen LogP contribution in [0.25, 0.3) is 10.2 Å². The number of fused-ring (bicyclic) bond motifs is 1. The van der Waals surface area contributed by atoms with Gasteiger partial charge in [0.2, 0.25) is 5.91 Å². The van der Waals surface area contributed by atoms with Gasteiger partial charge in [-0.1, -0.05) is 11.6 Å². The smallest absolute Gasteiger partial charge is 0.262 e. The molecule has 0 saturated carbocycles. The van der Waals surface area contributed by atoms with Crippen LogP contribution in [0.4, 0.5) is 0 Å². The van der Waals surface area contributed by atoms with Crippen LogP contribution < -0.4 is 10.3 Å². The molecule has 0 radical (unpaired) electrons. The fraction of sp³-hybridized carbons (Fsp3) is 0.278. The van der Waals surface area contributed by atoms with Crippen molar-refractivity contribution in [2.24, 2.45) is 0 Å². The molecule has 0 saturated heterocycles. The molecular weight excluding hydrogens is 374 g/mol. The van der Waals surface area contributed by atoms with Crippen molar-refractivity contribution in [3.8, 4) is 5.75 Å². The maximum Gasteiger partial charge on any atom is 0.262 e. The minimum absolute atomic E-state index is 0.0793. The highest BCUT2D eigenvalue weighted by Gasteiger charge is 2.14. The van der Waals surface area contributed by atoms with Crippen LogP contribution >= 0.6 is 22.9 Å². The molecule has 0 spiro atoms. The van der Waals surface area contributed by atoms with Gasteiger partial charge in [0.15, 0.2) is 0 Å². The van der Waals surface area contributed by atoms with Crippen LogP contribution in [0.1, 0.15) is 12.0 Å². The fourth-order valence-electron chi connectivity index (χ4n) is 2.67. The van der Waals surface area contributed by atoms with E-state index in [4.69, 9.17) is 16.3 Å². The molecule has 3 aromatic rings. The Morgan fingerprint density at radius 3 is 2.96 bits per heavy atom. The van der Waals surface area contributed by atoms with Gasteiger partial charge in [0.1, 0.15) is 10.6 Å². The maximum atomic E-state index is 12.4. The Labute approximate surface area is 159 Å². The van der Waals surface area contributed by atoms with E-state index in [1.165, 1.54) is 22.2 Å². The number of amides is 1. The summed E-state index contributed by atoms with van der Waals surface area (Å²) in [6.07, 6.45) is 1.70. The van der Waals surface area contributed by atoms with E-state index >= 15 is 0 Å². The molecule has 136 valence electrons. The molecule has 0 aliphatic rings. The van der Waals surface area contributed by atoms with E-state index in [0.717, 1.165) is 5.56 Å². The van der Waals surface area contributed by atoms with Gasteiger partial charge in [0.05, 0.1) is 18.8 Å². The minimum atomic E-state index is -0.122. The lowest BCUT2D eigenvalue weighted by molar-refractivity contribution is -0.130. The van der Waals surface area contributed by atoms with Crippen molar-refractivity contribution in [1.82, 2.24) is 14.5 Å². The zero-order valence-electron chi connectivity index (χ0n) is 14.4. The summed E-state index contributed by atoms with van der Waals surface area (Å²) in [7, 11) is 3.29. The van der Waals surface area contributed by atoms with Crippen LogP contribution in [0, 0.1) is 0 Å². The molecule has 0 unspecified atom stereocenters. The first-order valence-corrected chi connectivity index (χ1v) is 9.24. The lowest BCUT2D eigenvalue weighted by Crippen LogP contribution is -2.29. The van der Waals surface area contributed by atoms with Crippen LogP contribution in [-0.4, -0.2) is 34.5 Å². The van der Waals surface area contributed by atoms with Crippen LogP contribution in [0.5, 0.6) is 5.75 Å². The molecule has 2 heterocycles. The number of rotatable bonds is 6. The number of hydrogen-bond acceptors (Lipinski definition) is 5. The first kappa shape index (κ1) is 18.4. The second kappa shape index (κ2) is 7.88. The monoisotopic (exact) mass is 391 g/mol. The van der Waals surface area contributed by atoms with Crippen LogP contribution in [-0.2, 0) is 17.9 Å². The summed E-state index contributed by atoms with van der Waals surface area (Å²) < 4.78 is 6.78. The van der Waals surface area contributed by atoms with Gasteiger partial charge in [-0.05, 0) is 29.6 Å². The summed E-state index contributed by atoms with van der Waals surface area (Å²) in [6.45, 7) is 0.659. The van der Waals surface area contributed by atoms with Crippen molar-refractivity contribution in [2.45, 2.75) is 19.5 Å². The predicted molar refractivity (Wildman–Crippen MR) is 103 cm³/mol. The standard InChI is InChI=1S/C18H18ClN3O3S/c1-21(10-12-9-13(19)3-4-15(12)25-2)16(23)5-7-22-11-20-17-14(18(22)24)6-8-26-17/h3-4,6,8-9,11H,5,7,10H2,1-2H3. The van der Waals surface area contributed by atoms with Crippen LogP contribution in [0.2, 0.25) is 5.02 Å². The van der Waals surface area contributed by atoms with Crippen LogP contribution in [0.3, 0.4) is 0 Å². The first-order chi connectivity index (χ1) is 12.5. The van der Waals surface area contributed by atoms with E-state index in [1.54, 1.807) is 43.3 Å². The Balaban J connectivity index is 1.67. The average Bonchev–Trinajstić information content (AvgIpc) is 3.10. The van der Waals surface area contributed by atoms with E-state index < -0.39 is 0 Å². The summed E-state index contributed by atoms with van der Waals surface area (Å²) in [5.74, 6) is 0.599. The summed E-state index contributed by atoms with van der Waals surface area (Å²) in [6, 6.07) is 7.05. The highest BCUT2D eigenvalue weighted by atomic mass is 35.5. The molecule has 3 rings (SSSR count). The number of ether oxygens (including phenoxy) is 1. The molecule has 1 amide bonds. The number of carbonyl (C=O) groups excluding carboxylic acids is 1. The molecule has 2 aromatic heterocycles. The zero-order valence-corrected chi connectivity index (χ0v) is 16.0. The topological polar surface area (TPSA) is 64.4 Å². The Kier molecular flexibility index (Phi) is 5.58. The van der Waals surface area contributed by atoms with Gasteiger partial charge >= 0.3 is 0 Å². The third kappa shape index (κ3) is 3.89. The Hall–Kier alpha value is -2.38. The van der Waals surface area contributed by atoms with E-state index in [9.17, 15) is 9.59 Å². The van der Waals surface area contributed by atoms with Gasteiger partial charge < -0.3 is 9.64 Å². The van der Waals surface area contributed by atoms with Gasteiger partial charge in [-0.25, -0.2) is 4.98 Å². The first-order valence-electron chi connectivity index (χ1n) is 7.98. The van der Waals surface area contributed by atoms with Gasteiger partial charge in [-0.2, -0.15) is 0 Å². The molecule has 0 bridgehead atoms. The molecule has 0 N–H and O–H groups in total. The number of thiophene rings is 1. The number of aromatic nitrogens is 2. The number of methoxy groups -OCH3 is 1. The van der Waals surface area contributed by atoms with Crippen molar-refractivity contribution in [1.29, 1.82) is 0 Å². The van der Waals surface area contributed by atoms with Gasteiger partial charge in [-0.15, -0.1) is 11.3 Å². The van der Waals surface area contributed by atoms with Crippen molar-refractivity contribution in [3.63, 3.8) is 0 Å². The predicted octanol–water partition coefficient (Wildman–Crippen LogP) is 3.17. The number of aryl methyl sites for hydroxylation is 1. The second-order valence-corrected chi connectivity index (χ2v) is 7.17. The van der Waals surface area contributed by atoms with Crippen molar-refractivity contribution < 1.29 is 9.53 Å². The lowest BCUT2D eigenvalue weighted by Gasteiger charge is -2.19. The molecule has 0 fully saturated rings. The Morgan fingerprint density at radius 2 is 2.19 bits per heavy atom. The number of halogens is 1. The summed E-state index contributed by atoms with van der Waals surface area (Å²) >= 11 is 7.45. The highest BCUT2D eigenvalue weighted by molar-refractivity contribution is 7.16. The fourth-order valence-corrected chi connectivity index (χ4v) is 3.59. The summed E-state index contributed by atoms with van der Waals surface area (Å²) in [4.78, 5) is 31.4. The molecule has 8 heteroatoms. The molecule has 0 aliphatic heterocycles. The molecule has 0 atom stereocenters. The molecular formula is C18H18ClN3O3S. The number of nitrogens with zero attached hydrogens (tertiary/aromatic N) is 3. The zero-order chi connectivity index (χ0) is 18.7. The minimum Gasteiger partial charge on any atom is -0.496 e. The van der Waals surface area contributed by atoms with Crippen molar-refractivity contribution in [3.05, 3.63) is 56.9 Å². The van der Waals surface area contributed by atoms with Crippen molar-refractivity contribution >= 4 is 39.1 Å². The Morgan fingerprint density at radius 1 is 1.38 bits per heavy atom. The maximum absolute atomic E-state index is 12.4. The van der Waals surface area contributed by atoms with E-state index in [-0.39, 0.29) is 24.4 Å². The third-order valence-corrected chi connectivity index (χ3v) is 5.15. The molecule has 6 nitrogen and oxygen atoms in total. The number of hydrogen-bond donors (Lipinski definition) is 0. The normalized spacial score (nSPS) is 10.9. The summed E-state index contributed by atoms with van der Waals surface area (Å²) in [5, 5.41) is 3.01. The molecule has 1 aromatic carbocycles. The highest BCUT2D eigenvalue weighted by Crippen LogP contribution is 2.24.